The highest BCUT2D eigenvalue weighted by Crippen LogP contribution is 2.58. The fraction of sp³-hybridized carbons (Fsp3) is 0.0303. The highest BCUT2D eigenvalue weighted by atomic mass is 79.9. The maximum absolute atomic E-state index is 3.99. The Morgan fingerprint density at radius 3 is 1.68 bits per heavy atom. The molecule has 0 fully saturated rings. The number of hydrogen-bond donors (Lipinski definition) is 0. The molecular weight excluding hydrogens is 476 g/mol. The number of hydrogen-bond acceptors (Lipinski definition) is 0. The summed E-state index contributed by atoms with van der Waals surface area (Å²) in [4.78, 5) is 0. The first kappa shape index (κ1) is 19.8. The zero-order valence-electron chi connectivity index (χ0n) is 18.5. The molecule has 0 aliphatic heterocycles. The normalized spacial score (nSPS) is 13.7. The second-order valence-electron chi connectivity index (χ2n) is 8.99. The summed E-state index contributed by atoms with van der Waals surface area (Å²) >= 11 is 3.99. The first-order valence-electron chi connectivity index (χ1n) is 11.7. The Morgan fingerprint density at radius 2 is 0.971 bits per heavy atom. The summed E-state index contributed by atoms with van der Waals surface area (Å²) in [6.45, 7) is 0. The van der Waals surface area contributed by atoms with Gasteiger partial charge in [-0.15, -0.1) is 0 Å². The van der Waals surface area contributed by atoms with Crippen LogP contribution in [0.4, 0.5) is 0 Å². The number of halogens is 1. The summed E-state index contributed by atoms with van der Waals surface area (Å²) in [5.41, 5.74) is 7.45. The van der Waals surface area contributed by atoms with Crippen molar-refractivity contribution >= 4 is 37.5 Å². The molecule has 1 aliphatic carbocycles. The molecule has 1 heteroatoms. The summed E-state index contributed by atoms with van der Waals surface area (Å²) in [6, 6.07) is 46.6. The Kier molecular flexibility index (Phi) is 4.31. The van der Waals surface area contributed by atoms with Crippen LogP contribution in [0.1, 0.15) is 22.3 Å². The Hall–Kier alpha value is -3.68. The molecule has 0 N–H and O–H groups in total. The third-order valence-electron chi connectivity index (χ3n) is 7.39. The zero-order valence-corrected chi connectivity index (χ0v) is 20.1. The van der Waals surface area contributed by atoms with Crippen LogP contribution < -0.4 is 0 Å². The van der Waals surface area contributed by atoms with Crippen LogP contribution in [0.15, 0.2) is 132 Å². The van der Waals surface area contributed by atoms with Gasteiger partial charge in [0.05, 0.1) is 5.41 Å². The van der Waals surface area contributed by atoms with E-state index in [-0.39, 0.29) is 0 Å². The van der Waals surface area contributed by atoms with E-state index in [1.165, 1.54) is 54.9 Å². The van der Waals surface area contributed by atoms with Gasteiger partial charge in [0.15, 0.2) is 0 Å². The average Bonchev–Trinajstić information content (AvgIpc) is 2.92. The van der Waals surface area contributed by atoms with E-state index in [1.807, 2.05) is 0 Å². The van der Waals surface area contributed by atoms with Gasteiger partial charge in [-0.2, -0.15) is 0 Å². The molecule has 0 atom stereocenters. The van der Waals surface area contributed by atoms with Gasteiger partial charge in [-0.05, 0) is 70.9 Å². The lowest BCUT2D eigenvalue weighted by Gasteiger charge is -2.43. The van der Waals surface area contributed by atoms with Crippen LogP contribution in [0, 0.1) is 0 Å². The quantitative estimate of drug-likeness (QED) is 0.209. The van der Waals surface area contributed by atoms with Crippen molar-refractivity contribution in [1.29, 1.82) is 0 Å². The third-order valence-corrected chi connectivity index (χ3v) is 8.25. The van der Waals surface area contributed by atoms with Crippen molar-refractivity contribution in [3.8, 4) is 11.1 Å². The number of benzene rings is 6. The van der Waals surface area contributed by atoms with E-state index in [0.717, 1.165) is 4.47 Å². The van der Waals surface area contributed by atoms with Crippen molar-refractivity contribution in [1.82, 2.24) is 0 Å². The predicted molar refractivity (Wildman–Crippen MR) is 146 cm³/mol. The number of fused-ring (bicyclic) bond motifs is 4. The lowest BCUT2D eigenvalue weighted by molar-refractivity contribution is 0.757. The lowest BCUT2D eigenvalue weighted by atomic mass is 9.58. The van der Waals surface area contributed by atoms with Gasteiger partial charge < -0.3 is 0 Å². The minimum absolute atomic E-state index is 0.438. The van der Waals surface area contributed by atoms with Crippen LogP contribution in [-0.4, -0.2) is 0 Å². The molecule has 0 heterocycles. The van der Waals surface area contributed by atoms with Crippen LogP contribution in [0.5, 0.6) is 0 Å². The molecule has 0 unspecified atom stereocenters. The van der Waals surface area contributed by atoms with Crippen molar-refractivity contribution in [2.45, 2.75) is 5.41 Å². The smallest absolute Gasteiger partial charge is 0.0622 e. The van der Waals surface area contributed by atoms with Crippen LogP contribution >= 0.6 is 15.9 Å². The number of rotatable bonds is 2. The molecule has 0 spiro atoms. The average molecular weight is 497 g/mol. The molecule has 160 valence electrons. The summed E-state index contributed by atoms with van der Waals surface area (Å²) in [7, 11) is 0. The lowest BCUT2D eigenvalue weighted by Crippen LogP contribution is -2.34. The predicted octanol–water partition coefficient (Wildman–Crippen LogP) is 9.12. The van der Waals surface area contributed by atoms with Gasteiger partial charge in [-0.25, -0.2) is 0 Å². The molecule has 6 aromatic carbocycles. The van der Waals surface area contributed by atoms with Crippen LogP contribution in [0.25, 0.3) is 32.7 Å². The van der Waals surface area contributed by atoms with Gasteiger partial charge in [-0.1, -0.05) is 127 Å². The van der Waals surface area contributed by atoms with Crippen molar-refractivity contribution < 1.29 is 0 Å². The molecule has 1 aliphatic rings. The van der Waals surface area contributed by atoms with Gasteiger partial charge in [0.1, 0.15) is 0 Å². The van der Waals surface area contributed by atoms with E-state index in [1.54, 1.807) is 0 Å². The molecule has 0 bridgehead atoms. The van der Waals surface area contributed by atoms with Gasteiger partial charge in [0.25, 0.3) is 0 Å². The molecule has 6 aromatic rings. The maximum atomic E-state index is 3.99. The van der Waals surface area contributed by atoms with E-state index >= 15 is 0 Å². The van der Waals surface area contributed by atoms with E-state index < -0.39 is 5.41 Å². The minimum atomic E-state index is -0.438. The third kappa shape index (κ3) is 2.48. The standard InChI is InChI=1S/C33H21Br/c34-32-27-18-8-7-17-26(27)31-30-25(19-11-20-28(30)32)24-16-9-10-21-29(24)33(31,22-12-3-1-4-13-22)23-14-5-2-6-15-23/h1-21H. The van der Waals surface area contributed by atoms with Gasteiger partial charge in [-0.3, -0.25) is 0 Å². The molecule has 0 amide bonds. The Bertz CT molecular complexity index is 1660. The van der Waals surface area contributed by atoms with Crippen LogP contribution in [-0.2, 0) is 5.41 Å². The Balaban J connectivity index is 1.85. The van der Waals surface area contributed by atoms with Crippen LogP contribution in [0.2, 0.25) is 0 Å². The monoisotopic (exact) mass is 496 g/mol. The van der Waals surface area contributed by atoms with Crippen LogP contribution in [0.3, 0.4) is 0 Å². The van der Waals surface area contributed by atoms with Gasteiger partial charge in [0, 0.05) is 4.47 Å². The first-order chi connectivity index (χ1) is 16.8. The second kappa shape index (κ2) is 7.41. The first-order valence-corrected chi connectivity index (χ1v) is 12.5. The highest BCUT2D eigenvalue weighted by molar-refractivity contribution is 9.10. The largest absolute Gasteiger partial charge is 0.0719 e. The Morgan fingerprint density at radius 1 is 0.441 bits per heavy atom. The fourth-order valence-corrected chi connectivity index (χ4v) is 6.79. The molecule has 0 nitrogen and oxygen atoms in total. The van der Waals surface area contributed by atoms with Crippen molar-refractivity contribution in [3.63, 3.8) is 0 Å². The fourth-order valence-electron chi connectivity index (χ4n) is 6.11. The second-order valence-corrected chi connectivity index (χ2v) is 9.78. The van der Waals surface area contributed by atoms with E-state index in [4.69, 9.17) is 0 Å². The van der Waals surface area contributed by atoms with Gasteiger partial charge in [0.2, 0.25) is 0 Å². The summed E-state index contributed by atoms with van der Waals surface area (Å²) in [6.07, 6.45) is 0. The van der Waals surface area contributed by atoms with Gasteiger partial charge >= 0.3 is 0 Å². The molecule has 0 saturated carbocycles. The summed E-state index contributed by atoms with van der Waals surface area (Å²) in [5, 5.41) is 5.13. The molecule has 0 saturated heterocycles. The van der Waals surface area contributed by atoms with Crippen molar-refractivity contribution in [2.75, 3.05) is 0 Å². The molecule has 34 heavy (non-hydrogen) atoms. The Labute approximate surface area is 207 Å². The molecule has 7 rings (SSSR count). The SMILES string of the molecule is Brc1c2ccccc2c2c3c(cccc13)-c1ccccc1C2(c1ccccc1)c1ccccc1. The van der Waals surface area contributed by atoms with Crippen molar-refractivity contribution in [3.05, 3.63) is 154 Å². The molecule has 0 radical (unpaired) electrons. The maximum Gasteiger partial charge on any atom is 0.0719 e. The highest BCUT2D eigenvalue weighted by Gasteiger charge is 2.45. The zero-order chi connectivity index (χ0) is 22.7. The summed E-state index contributed by atoms with van der Waals surface area (Å²) < 4.78 is 1.16. The molecular formula is C33H21Br. The van der Waals surface area contributed by atoms with E-state index in [0.29, 0.717) is 0 Å². The molecule has 0 aromatic heterocycles. The summed E-state index contributed by atoms with van der Waals surface area (Å²) in [5.74, 6) is 0. The minimum Gasteiger partial charge on any atom is -0.0622 e. The van der Waals surface area contributed by atoms with Crippen molar-refractivity contribution in [2.24, 2.45) is 0 Å². The van der Waals surface area contributed by atoms with E-state index in [2.05, 4.69) is 143 Å². The van der Waals surface area contributed by atoms with E-state index in [9.17, 15) is 0 Å². The topological polar surface area (TPSA) is 0 Å².